The van der Waals surface area contributed by atoms with E-state index in [4.69, 9.17) is 9.84 Å². The maximum Gasteiger partial charge on any atom is 0.241 e. The van der Waals surface area contributed by atoms with Gasteiger partial charge in [-0.05, 0) is 68.7 Å². The van der Waals surface area contributed by atoms with Crippen molar-refractivity contribution in [1.82, 2.24) is 19.6 Å². The Labute approximate surface area is 202 Å². The number of nitrogens with one attached hydrogen (secondary N) is 1. The average molecular weight is 464 g/mol. The molecule has 2 aliphatic rings. The molecule has 1 atom stereocenters. The molecule has 3 heterocycles. The van der Waals surface area contributed by atoms with Crippen LogP contribution in [0.5, 0.6) is 0 Å². The van der Waals surface area contributed by atoms with Crippen LogP contribution in [0.15, 0.2) is 30.6 Å². The van der Waals surface area contributed by atoms with Crippen molar-refractivity contribution in [1.29, 1.82) is 0 Å². The van der Waals surface area contributed by atoms with Crippen LogP contribution in [0.1, 0.15) is 75.6 Å². The third-order valence-electron chi connectivity index (χ3n) is 7.55. The summed E-state index contributed by atoms with van der Waals surface area (Å²) >= 11 is 0. The van der Waals surface area contributed by atoms with Gasteiger partial charge in [0.05, 0.1) is 24.4 Å². The van der Waals surface area contributed by atoms with Gasteiger partial charge in [0.1, 0.15) is 0 Å². The predicted octanol–water partition coefficient (Wildman–Crippen LogP) is 4.99. The third-order valence-corrected chi connectivity index (χ3v) is 7.55. The first-order chi connectivity index (χ1) is 16.6. The lowest BCUT2D eigenvalue weighted by Gasteiger charge is -2.25. The third kappa shape index (κ3) is 5.10. The lowest BCUT2D eigenvalue weighted by molar-refractivity contribution is 0.121. The molecule has 0 unspecified atom stereocenters. The Bertz CT molecular complexity index is 1100. The lowest BCUT2D eigenvalue weighted by atomic mass is 9.85. The number of anilines is 1. The number of aliphatic hydroxyl groups is 1. The fourth-order valence-electron chi connectivity index (χ4n) is 5.75. The number of nitrogens with zero attached hydrogens (tertiary/aromatic N) is 4. The number of hydrogen-bond acceptors (Lipinski definition) is 6. The summed E-state index contributed by atoms with van der Waals surface area (Å²) in [7, 11) is 1.70. The van der Waals surface area contributed by atoms with Gasteiger partial charge in [-0.25, -0.2) is 9.50 Å². The summed E-state index contributed by atoms with van der Waals surface area (Å²) < 4.78 is 7.33. The standard InChI is InChI=1S/C27H37N5O2/c1-18(17-34-2)30-27-29-16-26-24(15-25(32(26)31-27)20-7-9-23(33)10-8-20)21-11-12-28-22(14-21)13-19-5-3-4-6-19/h11-12,14-16,18-20,23,33H,3-10,13,17H2,1-2H3,(H,30,31)/t18-,20?,23?/m0/s1. The second-order valence-corrected chi connectivity index (χ2v) is 10.3. The van der Waals surface area contributed by atoms with E-state index in [9.17, 15) is 5.11 Å². The van der Waals surface area contributed by atoms with Gasteiger partial charge in [0, 0.05) is 42.2 Å². The SMILES string of the molecule is COC[C@H](C)Nc1ncc2c(-c3ccnc(CC4CCCC4)c3)cc(C3CCC(O)CC3)n2n1. The second-order valence-electron chi connectivity index (χ2n) is 10.3. The summed E-state index contributed by atoms with van der Waals surface area (Å²) in [6.45, 7) is 2.65. The number of rotatable bonds is 8. The monoisotopic (exact) mass is 463 g/mol. The van der Waals surface area contributed by atoms with Crippen LogP contribution in [0.2, 0.25) is 0 Å². The average Bonchev–Trinajstić information content (AvgIpc) is 3.48. The molecule has 2 N–H and O–H groups in total. The fraction of sp³-hybridized carbons (Fsp3) is 0.593. The molecule has 0 aliphatic heterocycles. The van der Waals surface area contributed by atoms with Gasteiger partial charge in [-0.3, -0.25) is 4.98 Å². The maximum atomic E-state index is 10.1. The highest BCUT2D eigenvalue weighted by Gasteiger charge is 2.26. The minimum Gasteiger partial charge on any atom is -0.393 e. The van der Waals surface area contributed by atoms with Crippen LogP contribution in [0.3, 0.4) is 0 Å². The summed E-state index contributed by atoms with van der Waals surface area (Å²) in [5.41, 5.74) is 5.74. The molecule has 3 aromatic rings. The Morgan fingerprint density at radius 1 is 1.12 bits per heavy atom. The molecular formula is C27H37N5O2. The molecular weight excluding hydrogens is 426 g/mol. The molecule has 182 valence electrons. The second kappa shape index (κ2) is 10.4. The number of aliphatic hydroxyl groups excluding tert-OH is 1. The van der Waals surface area contributed by atoms with Crippen molar-refractivity contribution < 1.29 is 9.84 Å². The largest absolute Gasteiger partial charge is 0.393 e. The van der Waals surface area contributed by atoms with Gasteiger partial charge in [-0.1, -0.05) is 25.7 Å². The van der Waals surface area contributed by atoms with Crippen LogP contribution in [0.25, 0.3) is 16.6 Å². The van der Waals surface area contributed by atoms with E-state index >= 15 is 0 Å². The highest BCUT2D eigenvalue weighted by Crippen LogP contribution is 2.38. The Balaban J connectivity index is 1.51. The molecule has 2 saturated carbocycles. The van der Waals surface area contributed by atoms with Gasteiger partial charge in [-0.2, -0.15) is 0 Å². The molecule has 2 aliphatic carbocycles. The molecule has 0 aromatic carbocycles. The van der Waals surface area contributed by atoms with Crippen LogP contribution in [-0.2, 0) is 11.2 Å². The molecule has 7 heteroatoms. The first-order valence-electron chi connectivity index (χ1n) is 12.9. The van der Waals surface area contributed by atoms with Gasteiger partial charge < -0.3 is 15.2 Å². The van der Waals surface area contributed by atoms with E-state index in [1.165, 1.54) is 42.6 Å². The fourth-order valence-corrected chi connectivity index (χ4v) is 5.75. The van der Waals surface area contributed by atoms with Gasteiger partial charge in [0.25, 0.3) is 0 Å². The van der Waals surface area contributed by atoms with Gasteiger partial charge >= 0.3 is 0 Å². The quantitative estimate of drug-likeness (QED) is 0.490. The van der Waals surface area contributed by atoms with Crippen LogP contribution >= 0.6 is 0 Å². The molecule has 0 spiro atoms. The number of fused-ring (bicyclic) bond motifs is 1. The van der Waals surface area contributed by atoms with E-state index in [0.717, 1.165) is 49.1 Å². The molecule has 0 radical (unpaired) electrons. The number of aromatic nitrogens is 4. The van der Waals surface area contributed by atoms with E-state index in [-0.39, 0.29) is 12.1 Å². The Morgan fingerprint density at radius 3 is 2.68 bits per heavy atom. The van der Waals surface area contributed by atoms with Crippen LogP contribution in [-0.4, -0.2) is 50.6 Å². The molecule has 34 heavy (non-hydrogen) atoms. The smallest absolute Gasteiger partial charge is 0.241 e. The van der Waals surface area contributed by atoms with Crippen LogP contribution in [0, 0.1) is 5.92 Å². The molecule has 0 saturated heterocycles. The molecule has 0 amide bonds. The van der Waals surface area contributed by atoms with Crippen molar-refractivity contribution in [3.05, 3.63) is 42.0 Å². The Morgan fingerprint density at radius 2 is 1.91 bits per heavy atom. The van der Waals surface area contributed by atoms with Crippen molar-refractivity contribution >= 4 is 11.5 Å². The Kier molecular flexibility index (Phi) is 7.11. The van der Waals surface area contributed by atoms with Crippen molar-refractivity contribution in [3.63, 3.8) is 0 Å². The topological polar surface area (TPSA) is 84.6 Å². The number of hydrogen-bond donors (Lipinski definition) is 2. The van der Waals surface area contributed by atoms with Crippen molar-refractivity contribution in [3.8, 4) is 11.1 Å². The minimum absolute atomic E-state index is 0.115. The zero-order chi connectivity index (χ0) is 23.5. The molecule has 7 nitrogen and oxygen atoms in total. The van der Waals surface area contributed by atoms with Crippen molar-refractivity contribution in [2.24, 2.45) is 5.92 Å². The van der Waals surface area contributed by atoms with E-state index in [1.807, 2.05) is 12.4 Å². The van der Waals surface area contributed by atoms with E-state index in [2.05, 4.69) is 44.9 Å². The van der Waals surface area contributed by atoms with Crippen LogP contribution < -0.4 is 5.32 Å². The first kappa shape index (κ1) is 23.2. The molecule has 3 aromatic heterocycles. The molecule has 0 bridgehead atoms. The van der Waals surface area contributed by atoms with Gasteiger partial charge in [-0.15, -0.1) is 5.10 Å². The van der Waals surface area contributed by atoms with Crippen molar-refractivity contribution in [2.45, 2.75) is 82.8 Å². The van der Waals surface area contributed by atoms with Gasteiger partial charge in [0.15, 0.2) is 0 Å². The number of pyridine rings is 1. The van der Waals surface area contributed by atoms with Crippen LogP contribution in [0.4, 0.5) is 5.95 Å². The van der Waals surface area contributed by atoms with E-state index < -0.39 is 0 Å². The first-order valence-corrected chi connectivity index (χ1v) is 12.9. The highest BCUT2D eigenvalue weighted by molar-refractivity contribution is 5.81. The minimum atomic E-state index is -0.179. The number of ether oxygens (including phenoxy) is 1. The van der Waals surface area contributed by atoms with E-state index in [1.54, 1.807) is 7.11 Å². The van der Waals surface area contributed by atoms with Crippen molar-refractivity contribution in [2.75, 3.05) is 19.0 Å². The summed E-state index contributed by atoms with van der Waals surface area (Å²) in [6.07, 6.45) is 13.8. The lowest BCUT2D eigenvalue weighted by Crippen LogP contribution is -2.23. The molecule has 5 rings (SSSR count). The zero-order valence-electron chi connectivity index (χ0n) is 20.4. The normalized spacial score (nSPS) is 22.3. The van der Waals surface area contributed by atoms with Gasteiger partial charge in [0.2, 0.25) is 5.95 Å². The van der Waals surface area contributed by atoms with E-state index in [0.29, 0.717) is 18.5 Å². The summed E-state index contributed by atoms with van der Waals surface area (Å²) in [4.78, 5) is 9.33. The molecule has 2 fully saturated rings. The zero-order valence-corrected chi connectivity index (χ0v) is 20.4. The summed E-state index contributed by atoms with van der Waals surface area (Å²) in [5.74, 6) is 1.75. The maximum absolute atomic E-state index is 10.1. The Hall–Kier alpha value is -2.51. The highest BCUT2D eigenvalue weighted by atomic mass is 16.5. The summed E-state index contributed by atoms with van der Waals surface area (Å²) in [5, 5.41) is 18.3. The summed E-state index contributed by atoms with van der Waals surface area (Å²) in [6, 6.07) is 6.77. The number of methoxy groups -OCH3 is 1. The predicted molar refractivity (Wildman–Crippen MR) is 134 cm³/mol.